The van der Waals surface area contributed by atoms with Crippen LogP contribution in [0.15, 0.2) is 11.1 Å². The number of allylic oxidation sites excluding steroid dienone is 1. The fraction of sp³-hybridized carbons (Fsp3) is 0.556. The van der Waals surface area contributed by atoms with Crippen LogP contribution in [0, 0.1) is 5.92 Å². The number of rotatable bonds is 2. The first-order chi connectivity index (χ1) is 5.52. The lowest BCUT2D eigenvalue weighted by atomic mass is 10.1. The fourth-order valence-electron chi connectivity index (χ4n) is 1.57. The molecule has 0 aromatic rings. The molecule has 1 aliphatic rings. The van der Waals surface area contributed by atoms with Crippen LogP contribution >= 0.6 is 0 Å². The monoisotopic (exact) mass is 168 g/mol. The van der Waals surface area contributed by atoms with Gasteiger partial charge in [0.1, 0.15) is 0 Å². The third-order valence-corrected chi connectivity index (χ3v) is 2.20. The average molecular weight is 168 g/mol. The van der Waals surface area contributed by atoms with E-state index in [0.717, 1.165) is 12.0 Å². The summed E-state index contributed by atoms with van der Waals surface area (Å²) in [5.41, 5.74) is 1.45. The van der Waals surface area contributed by atoms with Crippen molar-refractivity contribution >= 4 is 11.8 Å². The summed E-state index contributed by atoms with van der Waals surface area (Å²) < 4.78 is 0. The Labute approximate surface area is 71.1 Å². The summed E-state index contributed by atoms with van der Waals surface area (Å²) in [4.78, 5) is 21.7. The molecule has 1 aliphatic carbocycles. The molecule has 0 bridgehead atoms. The summed E-state index contributed by atoms with van der Waals surface area (Å²) in [6.45, 7) is 3.67. The number of hydrogen-bond acceptors (Lipinski definition) is 2. The van der Waals surface area contributed by atoms with E-state index < -0.39 is 5.97 Å². The molecule has 0 saturated heterocycles. The van der Waals surface area contributed by atoms with Gasteiger partial charge in [-0.25, -0.2) is 0 Å². The highest BCUT2D eigenvalue weighted by Crippen LogP contribution is 2.29. The standard InChI is InChI=1S/C9H12O3/c1-5-3-6(2)9(12)7(5)4-8(10)11/h6H,3-4H2,1-2H3,(H,10,11). The summed E-state index contributed by atoms with van der Waals surface area (Å²) in [5.74, 6) is -0.930. The highest BCUT2D eigenvalue weighted by Gasteiger charge is 2.28. The molecule has 3 nitrogen and oxygen atoms in total. The van der Waals surface area contributed by atoms with Crippen molar-refractivity contribution in [1.29, 1.82) is 0 Å². The molecular formula is C9H12O3. The van der Waals surface area contributed by atoms with Crippen molar-refractivity contribution in [2.75, 3.05) is 0 Å². The normalized spacial score (nSPS) is 23.5. The minimum Gasteiger partial charge on any atom is -0.481 e. The molecule has 1 unspecified atom stereocenters. The van der Waals surface area contributed by atoms with Crippen LogP contribution in [0.1, 0.15) is 26.7 Å². The van der Waals surface area contributed by atoms with E-state index >= 15 is 0 Å². The number of hydrogen-bond donors (Lipinski definition) is 1. The van der Waals surface area contributed by atoms with Crippen molar-refractivity contribution in [2.24, 2.45) is 5.92 Å². The van der Waals surface area contributed by atoms with Gasteiger partial charge in [0.15, 0.2) is 5.78 Å². The fourth-order valence-corrected chi connectivity index (χ4v) is 1.57. The highest BCUT2D eigenvalue weighted by atomic mass is 16.4. The maximum atomic E-state index is 11.3. The lowest BCUT2D eigenvalue weighted by Gasteiger charge is -1.98. The van der Waals surface area contributed by atoms with E-state index in [0.29, 0.717) is 5.57 Å². The van der Waals surface area contributed by atoms with Crippen LogP contribution in [0.2, 0.25) is 0 Å². The quantitative estimate of drug-likeness (QED) is 0.677. The van der Waals surface area contributed by atoms with Crippen LogP contribution in [0.3, 0.4) is 0 Å². The molecule has 0 aromatic carbocycles. The van der Waals surface area contributed by atoms with E-state index in [1.54, 1.807) is 0 Å². The van der Waals surface area contributed by atoms with Crippen molar-refractivity contribution in [3.63, 3.8) is 0 Å². The van der Waals surface area contributed by atoms with Gasteiger partial charge in [0.05, 0.1) is 6.42 Å². The SMILES string of the molecule is CC1=C(CC(=O)O)C(=O)C(C)C1. The Morgan fingerprint density at radius 1 is 1.67 bits per heavy atom. The lowest BCUT2D eigenvalue weighted by molar-refractivity contribution is -0.137. The van der Waals surface area contributed by atoms with Gasteiger partial charge in [0.2, 0.25) is 0 Å². The second-order valence-electron chi connectivity index (χ2n) is 3.30. The van der Waals surface area contributed by atoms with Crippen molar-refractivity contribution in [3.8, 4) is 0 Å². The molecule has 1 N–H and O–H groups in total. The topological polar surface area (TPSA) is 54.4 Å². The summed E-state index contributed by atoms with van der Waals surface area (Å²) >= 11 is 0. The minimum atomic E-state index is -0.924. The first kappa shape index (κ1) is 8.97. The molecule has 3 heteroatoms. The van der Waals surface area contributed by atoms with E-state index in [4.69, 9.17) is 5.11 Å². The Bertz CT molecular complexity index is 263. The molecule has 0 aromatic heterocycles. The van der Waals surface area contributed by atoms with Crippen molar-refractivity contribution in [1.82, 2.24) is 0 Å². The Balaban J connectivity index is 2.81. The zero-order valence-corrected chi connectivity index (χ0v) is 7.26. The van der Waals surface area contributed by atoms with Crippen LogP contribution in [0.25, 0.3) is 0 Å². The Hall–Kier alpha value is -1.12. The van der Waals surface area contributed by atoms with Crippen LogP contribution in [-0.4, -0.2) is 16.9 Å². The maximum Gasteiger partial charge on any atom is 0.307 e. The number of carbonyl (C=O) groups is 2. The van der Waals surface area contributed by atoms with Gasteiger partial charge in [-0.3, -0.25) is 9.59 Å². The zero-order chi connectivity index (χ0) is 9.30. The van der Waals surface area contributed by atoms with E-state index in [1.165, 1.54) is 0 Å². The maximum absolute atomic E-state index is 11.3. The predicted molar refractivity (Wildman–Crippen MR) is 43.7 cm³/mol. The average Bonchev–Trinajstić information content (AvgIpc) is 2.16. The first-order valence-electron chi connectivity index (χ1n) is 3.97. The predicted octanol–water partition coefficient (Wildman–Crippen LogP) is 1.39. The van der Waals surface area contributed by atoms with E-state index in [1.807, 2.05) is 13.8 Å². The summed E-state index contributed by atoms with van der Waals surface area (Å²) in [6, 6.07) is 0. The Morgan fingerprint density at radius 2 is 2.25 bits per heavy atom. The van der Waals surface area contributed by atoms with Crippen molar-refractivity contribution in [2.45, 2.75) is 26.7 Å². The van der Waals surface area contributed by atoms with Gasteiger partial charge < -0.3 is 5.11 Å². The molecule has 0 amide bonds. The molecule has 0 spiro atoms. The molecular weight excluding hydrogens is 156 g/mol. The molecule has 1 rings (SSSR count). The smallest absolute Gasteiger partial charge is 0.307 e. The number of carboxylic acid groups (broad SMARTS) is 1. The molecule has 0 heterocycles. The van der Waals surface area contributed by atoms with Gasteiger partial charge >= 0.3 is 5.97 Å². The van der Waals surface area contributed by atoms with Gasteiger partial charge in [-0.05, 0) is 13.3 Å². The zero-order valence-electron chi connectivity index (χ0n) is 7.26. The third-order valence-electron chi connectivity index (χ3n) is 2.20. The molecule has 66 valence electrons. The Morgan fingerprint density at radius 3 is 2.58 bits per heavy atom. The number of Topliss-reactive ketones (excluding diaryl/α,β-unsaturated/α-hetero) is 1. The summed E-state index contributed by atoms with van der Waals surface area (Å²) in [6.07, 6.45) is 0.608. The van der Waals surface area contributed by atoms with Crippen LogP contribution in [0.4, 0.5) is 0 Å². The van der Waals surface area contributed by atoms with Gasteiger partial charge in [-0.15, -0.1) is 0 Å². The minimum absolute atomic E-state index is 0.00917. The van der Waals surface area contributed by atoms with Crippen molar-refractivity contribution in [3.05, 3.63) is 11.1 Å². The number of carboxylic acids is 1. The molecule has 0 aliphatic heterocycles. The lowest BCUT2D eigenvalue weighted by Crippen LogP contribution is -2.09. The number of ketones is 1. The van der Waals surface area contributed by atoms with E-state index in [9.17, 15) is 9.59 Å². The third kappa shape index (κ3) is 1.55. The van der Waals surface area contributed by atoms with Gasteiger partial charge in [-0.2, -0.15) is 0 Å². The molecule has 0 fully saturated rings. The molecule has 0 saturated carbocycles. The number of carbonyl (C=O) groups excluding carboxylic acids is 1. The van der Waals surface area contributed by atoms with Gasteiger partial charge in [0.25, 0.3) is 0 Å². The van der Waals surface area contributed by atoms with E-state index in [2.05, 4.69) is 0 Å². The summed E-state index contributed by atoms with van der Waals surface area (Å²) in [7, 11) is 0. The number of aliphatic carboxylic acids is 1. The molecule has 0 radical (unpaired) electrons. The Kier molecular flexibility index (Phi) is 2.31. The van der Waals surface area contributed by atoms with E-state index in [-0.39, 0.29) is 18.1 Å². The van der Waals surface area contributed by atoms with Gasteiger partial charge in [0, 0.05) is 11.5 Å². The molecule has 12 heavy (non-hydrogen) atoms. The summed E-state index contributed by atoms with van der Waals surface area (Å²) in [5, 5.41) is 8.51. The highest BCUT2D eigenvalue weighted by molar-refractivity contribution is 6.03. The molecule has 1 atom stereocenters. The largest absolute Gasteiger partial charge is 0.481 e. The van der Waals surface area contributed by atoms with Crippen LogP contribution < -0.4 is 0 Å². The second kappa shape index (κ2) is 3.09. The second-order valence-corrected chi connectivity index (χ2v) is 3.30. The van der Waals surface area contributed by atoms with Crippen LogP contribution in [-0.2, 0) is 9.59 Å². The first-order valence-corrected chi connectivity index (χ1v) is 3.97. The van der Waals surface area contributed by atoms with Gasteiger partial charge in [-0.1, -0.05) is 12.5 Å². The van der Waals surface area contributed by atoms with Crippen LogP contribution in [0.5, 0.6) is 0 Å². The van der Waals surface area contributed by atoms with Crippen molar-refractivity contribution < 1.29 is 14.7 Å².